The lowest BCUT2D eigenvalue weighted by Gasteiger charge is -2.22. The Morgan fingerprint density at radius 3 is 1.24 bits per heavy atom. The van der Waals surface area contributed by atoms with E-state index < -0.39 is 75.9 Å². The Bertz CT molecular complexity index is 2430. The molecule has 0 saturated carbocycles. The summed E-state index contributed by atoms with van der Waals surface area (Å²) in [5.41, 5.74) is -3.80. The monoisotopic (exact) mass is 1020 g/mol. The molecule has 4 aromatic carbocycles. The summed E-state index contributed by atoms with van der Waals surface area (Å²) in [6.45, 7) is 10.2. The maximum atomic E-state index is 12.3. The van der Waals surface area contributed by atoms with Crippen LogP contribution >= 0.6 is 0 Å². The molecule has 4 N–H and O–H groups in total. The fraction of sp³-hybridized carbons (Fsp3) is 0.404. The lowest BCUT2D eigenvalue weighted by molar-refractivity contribution is -0.143. The van der Waals surface area contributed by atoms with E-state index in [0.717, 1.165) is 35.9 Å². The van der Waals surface area contributed by atoms with Crippen LogP contribution in [0.25, 0.3) is 11.1 Å². The fourth-order valence-electron chi connectivity index (χ4n) is 5.97. The topological polar surface area (TPSA) is 250 Å². The van der Waals surface area contributed by atoms with Crippen LogP contribution in [0.5, 0.6) is 28.7 Å². The van der Waals surface area contributed by atoms with Gasteiger partial charge >= 0.3 is 46.9 Å². The molecule has 24 heteroatoms. The molecule has 4 aromatic rings. The summed E-state index contributed by atoms with van der Waals surface area (Å²) in [5, 5.41) is 23.0. The number of nitrogens with one attached hydrogen (secondary N) is 2. The Hall–Kier alpha value is -6.92. The van der Waals surface area contributed by atoms with Crippen molar-refractivity contribution in [3.63, 3.8) is 0 Å². The number of methoxy groups -OCH3 is 6. The number of carbonyl (C=O) groups is 4. The summed E-state index contributed by atoms with van der Waals surface area (Å²) < 4.78 is 103. The van der Waals surface area contributed by atoms with Gasteiger partial charge in [-0.3, -0.25) is 0 Å². The average Bonchev–Trinajstić information content (AvgIpc) is 3.29. The van der Waals surface area contributed by atoms with Crippen molar-refractivity contribution in [1.82, 2.24) is 10.6 Å². The molecular weight excluding hydrogens is 964 g/mol. The zero-order valence-corrected chi connectivity index (χ0v) is 42.1. The van der Waals surface area contributed by atoms with Crippen molar-refractivity contribution < 1.29 is 92.9 Å². The number of alkyl carbamates (subject to hydrolysis) is 2. The first kappa shape index (κ1) is 60.2. The van der Waals surface area contributed by atoms with Crippen LogP contribution in [-0.4, -0.2) is 121 Å². The quantitative estimate of drug-likeness (QED) is 0.0336. The van der Waals surface area contributed by atoms with Crippen molar-refractivity contribution in [2.45, 2.75) is 83.2 Å². The van der Waals surface area contributed by atoms with E-state index in [4.69, 9.17) is 43.2 Å². The van der Waals surface area contributed by atoms with Gasteiger partial charge in [0.25, 0.3) is 0 Å². The number of alkyl halides is 3. The molecule has 19 nitrogen and oxygen atoms in total. The normalized spacial score (nSPS) is 12.1. The molecule has 4 rings (SSSR count). The minimum absolute atomic E-state index is 0.0851. The predicted octanol–water partition coefficient (Wildman–Crippen LogP) is 5.89. The van der Waals surface area contributed by atoms with Crippen molar-refractivity contribution in [2.24, 2.45) is 0 Å². The van der Waals surface area contributed by atoms with Crippen LogP contribution in [0.4, 0.5) is 22.8 Å². The Morgan fingerprint density at radius 1 is 0.577 bits per heavy atom. The average molecular weight is 1020 g/mol. The third kappa shape index (κ3) is 19.8. The van der Waals surface area contributed by atoms with Crippen LogP contribution in [0, 0.1) is 0 Å². The summed E-state index contributed by atoms with van der Waals surface area (Å²) >= 11 is 0. The Labute approximate surface area is 411 Å². The molecule has 0 aliphatic carbocycles. The predicted molar refractivity (Wildman–Crippen MR) is 254 cm³/mol. The van der Waals surface area contributed by atoms with Crippen molar-refractivity contribution >= 4 is 46.8 Å². The van der Waals surface area contributed by atoms with Gasteiger partial charge in [-0.15, -0.1) is 0 Å². The van der Waals surface area contributed by atoms with E-state index in [1.54, 1.807) is 74.0 Å². The van der Waals surface area contributed by atoms with Crippen molar-refractivity contribution in [1.29, 1.82) is 0 Å². The molecule has 0 spiro atoms. The lowest BCUT2D eigenvalue weighted by atomic mass is 9.78. The SMILES string of the molecule is COC(=O)[C@H](Cc1ccc(-c2c(OC)cccc2OC)cc1)NC(=O)OC(C)(C)C.COC(=O)[C@H](Cc1ccc(OS(=O)(=O)C(F)(F)F)cc1)NC(=O)OC(C)(C)C.COc1cccc(OC)c1B(O)O. The second-order valence-corrected chi connectivity index (χ2v) is 18.2. The molecule has 0 heterocycles. The molecule has 2 atom stereocenters. The third-order valence-corrected chi connectivity index (χ3v) is 10.0. The van der Waals surface area contributed by atoms with E-state index in [-0.39, 0.29) is 18.3 Å². The zero-order chi connectivity index (χ0) is 53.9. The van der Waals surface area contributed by atoms with E-state index in [9.17, 15) is 40.8 Å². The molecule has 0 aromatic heterocycles. The standard InChI is InChI=1S/C23H29NO6.C16H20F3NO7S.C8H11BO4/c1-23(2,3)30-22(26)24-17(21(25)29-6)14-15-10-12-16(13-11-15)20-18(27-4)8-7-9-19(20)28-5;1-15(2,3)26-14(22)20-12(13(21)25-4)9-10-5-7-11(8-6-10)27-28(23,24)16(17,18)19;1-12-6-4-3-5-7(13-2)8(6)9(10)11/h7-13,17H,14H2,1-6H3,(H,24,26);5-8,12H,9H2,1-4H3,(H,20,22);3-5,10-11H,1-2H3/t17-;12-;/m00./s1. The van der Waals surface area contributed by atoms with Crippen molar-refractivity contribution in [3.8, 4) is 39.9 Å². The maximum Gasteiger partial charge on any atom is 0.534 e. The first-order chi connectivity index (χ1) is 33.0. The van der Waals surface area contributed by atoms with Crippen LogP contribution in [-0.2, 0) is 51.5 Å². The summed E-state index contributed by atoms with van der Waals surface area (Å²) in [4.78, 5) is 47.9. The number of esters is 2. The second kappa shape index (κ2) is 26.9. The van der Waals surface area contributed by atoms with Crippen LogP contribution < -0.4 is 39.2 Å². The van der Waals surface area contributed by atoms with Gasteiger partial charge in [-0.1, -0.05) is 48.5 Å². The van der Waals surface area contributed by atoms with Gasteiger partial charge in [0.2, 0.25) is 0 Å². The fourth-order valence-corrected chi connectivity index (χ4v) is 6.43. The summed E-state index contributed by atoms with van der Waals surface area (Å²) in [6.07, 6.45) is -1.36. The van der Waals surface area contributed by atoms with Gasteiger partial charge in [0.15, 0.2) is 0 Å². The van der Waals surface area contributed by atoms with Gasteiger partial charge in [-0.25, -0.2) is 19.2 Å². The minimum atomic E-state index is -5.79. The molecule has 0 saturated heterocycles. The van der Waals surface area contributed by atoms with Gasteiger partial charge in [0, 0.05) is 12.8 Å². The molecule has 0 aliphatic heterocycles. The molecular formula is C47H60BF3N2O17S. The highest BCUT2D eigenvalue weighted by molar-refractivity contribution is 7.88. The van der Waals surface area contributed by atoms with E-state index in [1.165, 1.54) is 33.5 Å². The van der Waals surface area contributed by atoms with Gasteiger partial charge in [0.1, 0.15) is 52.0 Å². The van der Waals surface area contributed by atoms with Crippen molar-refractivity contribution in [3.05, 3.63) is 96.1 Å². The van der Waals surface area contributed by atoms with Gasteiger partial charge in [-0.05, 0) is 94.6 Å². The van der Waals surface area contributed by atoms with Gasteiger partial charge < -0.3 is 62.8 Å². The third-order valence-electron chi connectivity index (χ3n) is 9.04. The number of ether oxygens (including phenoxy) is 8. The smallest absolute Gasteiger partial charge is 0.497 e. The van der Waals surface area contributed by atoms with Gasteiger partial charge in [0.05, 0.1) is 53.7 Å². The molecule has 0 bridgehead atoms. The number of benzene rings is 4. The maximum absolute atomic E-state index is 12.3. The lowest BCUT2D eigenvalue weighted by Crippen LogP contribution is -2.45. The number of hydrogen-bond donors (Lipinski definition) is 4. The molecule has 390 valence electrons. The van der Waals surface area contributed by atoms with Gasteiger partial charge in [-0.2, -0.15) is 21.6 Å². The first-order valence-corrected chi connectivity index (χ1v) is 22.6. The Morgan fingerprint density at radius 2 is 0.930 bits per heavy atom. The van der Waals surface area contributed by atoms with Crippen LogP contribution in [0.2, 0.25) is 0 Å². The highest BCUT2D eigenvalue weighted by Crippen LogP contribution is 2.38. The first-order valence-electron chi connectivity index (χ1n) is 21.1. The number of halogens is 3. The van der Waals surface area contributed by atoms with E-state index in [0.29, 0.717) is 28.6 Å². The number of amides is 2. The zero-order valence-electron chi connectivity index (χ0n) is 41.3. The Balaban J connectivity index is 0.000000392. The van der Waals surface area contributed by atoms with Crippen LogP contribution in [0.15, 0.2) is 84.9 Å². The van der Waals surface area contributed by atoms with E-state index in [2.05, 4.69) is 19.6 Å². The summed E-state index contributed by atoms with van der Waals surface area (Å²) in [7, 11) is 1.15. The van der Waals surface area contributed by atoms with Crippen LogP contribution in [0.1, 0.15) is 52.7 Å². The molecule has 71 heavy (non-hydrogen) atoms. The molecule has 0 unspecified atom stereocenters. The Kier molecular flexibility index (Phi) is 22.8. The number of rotatable bonds is 16. The van der Waals surface area contributed by atoms with E-state index >= 15 is 0 Å². The highest BCUT2D eigenvalue weighted by Gasteiger charge is 2.48. The summed E-state index contributed by atoms with van der Waals surface area (Å²) in [6, 6.07) is 20.6. The summed E-state index contributed by atoms with van der Waals surface area (Å²) in [5.74, 6) is 0.309. The number of hydrogen-bond acceptors (Lipinski definition) is 17. The largest absolute Gasteiger partial charge is 0.534 e. The molecule has 0 aliphatic rings. The number of carbonyl (C=O) groups excluding carboxylic acids is 4. The van der Waals surface area contributed by atoms with E-state index in [1.807, 2.05) is 42.5 Å². The minimum Gasteiger partial charge on any atom is -0.497 e. The highest BCUT2D eigenvalue weighted by atomic mass is 32.2. The van der Waals surface area contributed by atoms with Crippen LogP contribution in [0.3, 0.4) is 0 Å². The molecule has 0 radical (unpaired) electrons. The van der Waals surface area contributed by atoms with Crippen molar-refractivity contribution in [2.75, 3.05) is 42.7 Å². The molecule has 0 fully saturated rings. The molecule has 2 amide bonds. The second-order valence-electron chi connectivity index (χ2n) is 16.7.